The van der Waals surface area contributed by atoms with Crippen molar-refractivity contribution in [2.45, 2.75) is 12.0 Å². The molecule has 0 saturated carbocycles. The minimum Gasteiger partial charge on any atom is -0.476 e. The summed E-state index contributed by atoms with van der Waals surface area (Å²) in [6.07, 6.45) is -5.17. The van der Waals surface area contributed by atoms with Gasteiger partial charge in [-0.3, -0.25) is 10.1 Å². The van der Waals surface area contributed by atoms with Crippen LogP contribution in [0.1, 0.15) is 16.8 Å². The number of rotatable bonds is 9. The molecule has 0 radical (unpaired) electrons. The van der Waals surface area contributed by atoms with E-state index in [1.807, 2.05) is 0 Å². The summed E-state index contributed by atoms with van der Waals surface area (Å²) in [5.74, 6) is -7.27. The first-order chi connectivity index (χ1) is 17.0. The number of oxime groups is 1. The fraction of sp³-hybridized carbons (Fsp3) is 0.136. The predicted molar refractivity (Wildman–Crippen MR) is 119 cm³/mol. The molecule has 1 amide bonds. The average molecular weight is 523 g/mol. The molecular weight excluding hydrogens is 507 g/mol. The average Bonchev–Trinajstić information content (AvgIpc) is 3.30. The highest BCUT2D eigenvalue weighted by atomic mass is 32.1. The fourth-order valence-corrected chi connectivity index (χ4v) is 3.45. The number of nitrogens with zero attached hydrogens (tertiary/aromatic N) is 2. The molecule has 188 valence electrons. The molecule has 1 aromatic heterocycles. The summed E-state index contributed by atoms with van der Waals surface area (Å²) < 4.78 is 42.4. The lowest BCUT2D eigenvalue weighted by Crippen LogP contribution is -2.34. The quantitative estimate of drug-likeness (QED) is 0.168. The van der Waals surface area contributed by atoms with Crippen LogP contribution in [0.15, 0.2) is 71.2 Å². The van der Waals surface area contributed by atoms with Gasteiger partial charge in [-0.05, 0) is 0 Å². The van der Waals surface area contributed by atoms with Crippen LogP contribution in [0.3, 0.4) is 0 Å². The van der Waals surface area contributed by atoms with Gasteiger partial charge in [-0.2, -0.15) is 13.2 Å². The van der Waals surface area contributed by atoms with Crippen LogP contribution in [0, 0.1) is 0 Å². The second kappa shape index (κ2) is 11.0. The molecule has 0 atom stereocenters. The number of amides is 1. The van der Waals surface area contributed by atoms with Gasteiger partial charge >= 0.3 is 24.0 Å². The number of carbonyl (C=O) groups excluding carboxylic acids is 2. The van der Waals surface area contributed by atoms with Gasteiger partial charge in [0.05, 0.1) is 0 Å². The topological polar surface area (TPSA) is 147 Å². The largest absolute Gasteiger partial charge is 0.476 e. The summed E-state index contributed by atoms with van der Waals surface area (Å²) in [4.78, 5) is 43.2. The van der Waals surface area contributed by atoms with Crippen molar-refractivity contribution < 1.29 is 47.3 Å². The zero-order chi connectivity index (χ0) is 26.3. The number of carboxylic acid groups (broad SMARTS) is 1. The molecule has 0 bridgehead atoms. The predicted octanol–water partition coefficient (Wildman–Crippen LogP) is 2.89. The maximum absolute atomic E-state index is 12.4. The number of hydrogen-bond acceptors (Lipinski definition) is 9. The van der Waals surface area contributed by atoms with Crippen LogP contribution in [0.5, 0.6) is 0 Å². The number of aliphatic hydroxyl groups is 1. The highest BCUT2D eigenvalue weighted by molar-refractivity contribution is 7.14. The van der Waals surface area contributed by atoms with Gasteiger partial charge in [0.1, 0.15) is 5.69 Å². The monoisotopic (exact) mass is 523 g/mol. The van der Waals surface area contributed by atoms with Gasteiger partial charge in [0.25, 0.3) is 5.79 Å². The van der Waals surface area contributed by atoms with E-state index in [0.29, 0.717) is 11.3 Å². The molecule has 0 saturated heterocycles. The maximum Gasteiger partial charge on any atom is 0.471 e. The van der Waals surface area contributed by atoms with E-state index in [9.17, 15) is 37.8 Å². The maximum atomic E-state index is 12.4. The molecule has 0 unspecified atom stereocenters. The van der Waals surface area contributed by atoms with Crippen molar-refractivity contribution in [1.29, 1.82) is 0 Å². The number of carbonyl (C=O) groups is 3. The van der Waals surface area contributed by atoms with E-state index in [4.69, 9.17) is 9.57 Å². The van der Waals surface area contributed by atoms with Crippen molar-refractivity contribution in [1.82, 2.24) is 4.98 Å². The van der Waals surface area contributed by atoms with Gasteiger partial charge in [0, 0.05) is 16.5 Å². The fourth-order valence-electron chi connectivity index (χ4n) is 2.76. The Bertz CT molecular complexity index is 1230. The highest BCUT2D eigenvalue weighted by Crippen LogP contribution is 2.31. The number of aliphatic carboxylic acids is 1. The number of carboxylic acids is 1. The van der Waals surface area contributed by atoms with E-state index >= 15 is 0 Å². The third-order valence-electron chi connectivity index (χ3n) is 4.36. The molecule has 0 aliphatic carbocycles. The number of benzene rings is 2. The summed E-state index contributed by atoms with van der Waals surface area (Å²) in [5.41, 5.74) is -0.818. The molecule has 1 heterocycles. The van der Waals surface area contributed by atoms with E-state index in [2.05, 4.69) is 10.1 Å². The first kappa shape index (κ1) is 26.3. The molecule has 3 aromatic rings. The van der Waals surface area contributed by atoms with Crippen LogP contribution in [-0.2, 0) is 29.7 Å². The van der Waals surface area contributed by atoms with Crippen LogP contribution in [0.25, 0.3) is 0 Å². The lowest BCUT2D eigenvalue weighted by atomic mass is 9.97. The summed E-state index contributed by atoms with van der Waals surface area (Å²) >= 11 is 0.515. The molecule has 0 fully saturated rings. The number of aromatic nitrogens is 1. The summed E-state index contributed by atoms with van der Waals surface area (Å²) in [7, 11) is 0. The van der Waals surface area contributed by atoms with Gasteiger partial charge in [0.15, 0.2) is 5.13 Å². The van der Waals surface area contributed by atoms with Crippen LogP contribution in [0.2, 0.25) is 0 Å². The third-order valence-corrected chi connectivity index (χ3v) is 5.11. The molecule has 0 spiro atoms. The Hall–Kier alpha value is -4.30. The normalized spacial score (nSPS) is 12.1. The Kier molecular flexibility index (Phi) is 8.01. The number of nitrogens with one attached hydrogen (secondary N) is 1. The minimum atomic E-state index is -5.17. The van der Waals surface area contributed by atoms with E-state index in [1.165, 1.54) is 29.6 Å². The van der Waals surface area contributed by atoms with E-state index in [-0.39, 0.29) is 11.1 Å². The molecule has 3 N–H and O–H groups in total. The smallest absolute Gasteiger partial charge is 0.471 e. The second-order valence-electron chi connectivity index (χ2n) is 6.86. The number of thiazole rings is 1. The van der Waals surface area contributed by atoms with E-state index < -0.39 is 53.0 Å². The van der Waals surface area contributed by atoms with Crippen LogP contribution >= 0.6 is 11.3 Å². The number of ether oxygens (including phenoxy) is 1. The SMILES string of the molecule is O=C(CON=C(C(=O)O)c1csc(NC(=O)C(F)(F)F)n1)OC(O)(c1ccccc1)c1ccccc1. The molecule has 2 aromatic carbocycles. The Morgan fingerprint density at radius 1 is 1.00 bits per heavy atom. The summed E-state index contributed by atoms with van der Waals surface area (Å²) in [6, 6.07) is 16.0. The Morgan fingerprint density at radius 2 is 1.56 bits per heavy atom. The van der Waals surface area contributed by atoms with Crippen LogP contribution < -0.4 is 5.32 Å². The lowest BCUT2D eigenvalue weighted by Gasteiger charge is -2.28. The molecular formula is C22H16F3N3O7S. The zero-order valence-corrected chi connectivity index (χ0v) is 18.7. The Balaban J connectivity index is 1.72. The van der Waals surface area contributed by atoms with Crippen LogP contribution in [-0.4, -0.2) is 51.5 Å². The number of alkyl halides is 3. The van der Waals surface area contributed by atoms with Crippen molar-refractivity contribution in [2.75, 3.05) is 11.9 Å². The molecule has 14 heteroatoms. The second-order valence-corrected chi connectivity index (χ2v) is 7.72. The Morgan fingerprint density at radius 3 is 2.06 bits per heavy atom. The lowest BCUT2D eigenvalue weighted by molar-refractivity contribution is -0.201. The minimum absolute atomic E-state index is 0.232. The van der Waals surface area contributed by atoms with Gasteiger partial charge in [-0.25, -0.2) is 14.6 Å². The van der Waals surface area contributed by atoms with Crippen LogP contribution in [0.4, 0.5) is 18.3 Å². The van der Waals surface area contributed by atoms with Crippen molar-refractivity contribution in [3.8, 4) is 0 Å². The standard InChI is InChI=1S/C22H16F3N3O7S/c23-22(24,25)19(32)27-20-26-15(12-36-20)17(18(30)31)28-34-11-16(29)35-21(33,13-7-3-1-4-8-13)14-9-5-2-6-10-14/h1-10,12,33H,11H2,(H,30,31)(H,26,27,32). The molecule has 0 aliphatic heterocycles. The third kappa shape index (κ3) is 6.43. The first-order valence-electron chi connectivity index (χ1n) is 9.83. The summed E-state index contributed by atoms with van der Waals surface area (Å²) in [5, 5.41) is 25.8. The van der Waals surface area contributed by atoms with Crippen molar-refractivity contribution in [2.24, 2.45) is 5.16 Å². The number of halogens is 3. The van der Waals surface area contributed by atoms with Crippen molar-refractivity contribution >= 4 is 40.0 Å². The molecule has 36 heavy (non-hydrogen) atoms. The van der Waals surface area contributed by atoms with Gasteiger partial charge in [-0.15, -0.1) is 11.3 Å². The number of hydrogen-bond donors (Lipinski definition) is 3. The zero-order valence-electron chi connectivity index (χ0n) is 17.9. The number of esters is 1. The van der Waals surface area contributed by atoms with Gasteiger partial charge < -0.3 is 19.8 Å². The first-order valence-corrected chi connectivity index (χ1v) is 10.7. The van der Waals surface area contributed by atoms with E-state index in [0.717, 1.165) is 5.38 Å². The number of anilines is 1. The van der Waals surface area contributed by atoms with Gasteiger partial charge in [0.2, 0.25) is 12.3 Å². The van der Waals surface area contributed by atoms with Crippen molar-refractivity contribution in [3.63, 3.8) is 0 Å². The van der Waals surface area contributed by atoms with E-state index in [1.54, 1.807) is 36.4 Å². The molecule has 10 nitrogen and oxygen atoms in total. The van der Waals surface area contributed by atoms with Crippen molar-refractivity contribution in [3.05, 3.63) is 82.9 Å². The molecule has 0 aliphatic rings. The Labute approximate surface area is 204 Å². The van der Waals surface area contributed by atoms with Gasteiger partial charge in [-0.1, -0.05) is 65.8 Å². The summed E-state index contributed by atoms with van der Waals surface area (Å²) in [6.45, 7) is -0.930. The molecule has 3 rings (SSSR count). The highest BCUT2D eigenvalue weighted by Gasteiger charge is 2.39.